The minimum atomic E-state index is -0.741. The number of aliphatic hydroxyl groups excluding tert-OH is 1. The van der Waals surface area contributed by atoms with E-state index in [1.54, 1.807) is 11.8 Å². The molecular formula is C27H24N2O3S. The highest BCUT2D eigenvalue weighted by molar-refractivity contribution is 7.99. The smallest absolute Gasteiger partial charge is 0.122 e. The van der Waals surface area contributed by atoms with Crippen LogP contribution < -0.4 is 20.1 Å². The van der Waals surface area contributed by atoms with E-state index < -0.39 is 6.10 Å². The summed E-state index contributed by atoms with van der Waals surface area (Å²) in [5.74, 6) is 1.42. The first kappa shape index (κ1) is 21.2. The van der Waals surface area contributed by atoms with Crippen molar-refractivity contribution < 1.29 is 14.6 Å². The molecule has 4 aromatic carbocycles. The number of para-hydroxylation sites is 2. The number of fused-ring (bicyclic) bond motifs is 2. The molecule has 0 aromatic heterocycles. The fraction of sp³-hybridized carbons (Fsp3) is 0.111. The molecule has 0 fully saturated rings. The van der Waals surface area contributed by atoms with Crippen molar-refractivity contribution >= 4 is 34.5 Å². The minimum Gasteiger partial charge on any atom is -0.491 e. The maximum Gasteiger partial charge on any atom is 0.122 e. The van der Waals surface area contributed by atoms with E-state index in [0.717, 1.165) is 33.4 Å². The Labute approximate surface area is 197 Å². The number of rotatable bonds is 8. The van der Waals surface area contributed by atoms with E-state index in [0.29, 0.717) is 5.75 Å². The molecule has 33 heavy (non-hydrogen) atoms. The number of aliphatic hydroxyl groups is 1. The Balaban J connectivity index is 1.10. The number of hydrogen-bond acceptors (Lipinski definition) is 6. The lowest BCUT2D eigenvalue weighted by Crippen LogP contribution is -2.25. The first-order valence-corrected chi connectivity index (χ1v) is 11.6. The highest BCUT2D eigenvalue weighted by Gasteiger charge is 2.16. The van der Waals surface area contributed by atoms with Crippen LogP contribution >= 0.6 is 11.8 Å². The van der Waals surface area contributed by atoms with Gasteiger partial charge in [0.25, 0.3) is 0 Å². The SMILES string of the molecule is OC(COc1ccc(Nc2ccccc2)cc1)COc1ccc2c(c1)Sc1ccccc1N2. The van der Waals surface area contributed by atoms with Crippen LogP contribution in [0.5, 0.6) is 11.5 Å². The van der Waals surface area contributed by atoms with E-state index >= 15 is 0 Å². The lowest BCUT2D eigenvalue weighted by molar-refractivity contribution is 0.0626. The van der Waals surface area contributed by atoms with Crippen molar-refractivity contribution in [2.24, 2.45) is 0 Å². The second kappa shape index (κ2) is 9.90. The summed E-state index contributed by atoms with van der Waals surface area (Å²) in [6, 6.07) is 31.8. The molecule has 0 spiro atoms. The fourth-order valence-corrected chi connectivity index (χ4v) is 4.47. The maximum atomic E-state index is 10.3. The van der Waals surface area contributed by atoms with Crippen molar-refractivity contribution in [3.05, 3.63) is 97.1 Å². The van der Waals surface area contributed by atoms with Gasteiger partial charge in [-0.05, 0) is 66.7 Å². The Hall–Kier alpha value is -3.61. The highest BCUT2D eigenvalue weighted by Crippen LogP contribution is 2.45. The summed E-state index contributed by atoms with van der Waals surface area (Å²) in [5.41, 5.74) is 4.17. The average Bonchev–Trinajstić information content (AvgIpc) is 2.86. The zero-order chi connectivity index (χ0) is 22.5. The molecule has 0 amide bonds. The molecule has 0 bridgehead atoms. The summed E-state index contributed by atoms with van der Waals surface area (Å²) < 4.78 is 11.5. The van der Waals surface area contributed by atoms with Crippen molar-refractivity contribution in [2.75, 3.05) is 23.8 Å². The second-order valence-electron chi connectivity index (χ2n) is 7.67. The van der Waals surface area contributed by atoms with Crippen molar-refractivity contribution in [2.45, 2.75) is 15.9 Å². The third kappa shape index (κ3) is 5.42. The van der Waals surface area contributed by atoms with Gasteiger partial charge in [-0.3, -0.25) is 0 Å². The molecule has 5 nitrogen and oxygen atoms in total. The third-order valence-corrected chi connectivity index (χ3v) is 6.26. The van der Waals surface area contributed by atoms with Crippen molar-refractivity contribution in [1.82, 2.24) is 0 Å². The predicted molar refractivity (Wildman–Crippen MR) is 133 cm³/mol. The van der Waals surface area contributed by atoms with E-state index in [9.17, 15) is 5.11 Å². The third-order valence-electron chi connectivity index (χ3n) is 5.13. The molecule has 1 aliphatic rings. The fourth-order valence-electron chi connectivity index (χ4n) is 3.46. The molecule has 0 saturated heterocycles. The van der Waals surface area contributed by atoms with Crippen molar-refractivity contribution in [1.29, 1.82) is 0 Å². The van der Waals surface area contributed by atoms with E-state index in [-0.39, 0.29) is 13.2 Å². The van der Waals surface area contributed by atoms with Gasteiger partial charge < -0.3 is 25.2 Å². The van der Waals surface area contributed by atoms with Gasteiger partial charge in [-0.15, -0.1) is 0 Å². The lowest BCUT2D eigenvalue weighted by atomic mass is 10.2. The first-order chi connectivity index (χ1) is 16.2. The van der Waals surface area contributed by atoms with E-state index in [2.05, 4.69) is 22.8 Å². The minimum absolute atomic E-state index is 0.153. The van der Waals surface area contributed by atoms with Gasteiger partial charge in [0, 0.05) is 21.2 Å². The van der Waals surface area contributed by atoms with Crippen LogP contribution in [0, 0.1) is 0 Å². The largest absolute Gasteiger partial charge is 0.491 e. The lowest BCUT2D eigenvalue weighted by Gasteiger charge is -2.21. The molecule has 6 heteroatoms. The average molecular weight is 457 g/mol. The van der Waals surface area contributed by atoms with E-state index in [1.807, 2.05) is 84.9 Å². The van der Waals surface area contributed by atoms with Crippen molar-refractivity contribution in [3.8, 4) is 11.5 Å². The Morgan fingerprint density at radius 3 is 2.15 bits per heavy atom. The standard InChI is InChI=1S/C27H24N2O3S/c30-21(17-31-22-12-10-20(11-13-22)28-19-6-2-1-3-7-19)18-32-23-14-15-25-27(16-23)33-26-9-5-4-8-24(26)29-25/h1-16,21,28-30H,17-18H2. The Morgan fingerprint density at radius 2 is 1.33 bits per heavy atom. The van der Waals surface area contributed by atoms with Gasteiger partial charge >= 0.3 is 0 Å². The van der Waals surface area contributed by atoms with Crippen LogP contribution in [0.15, 0.2) is 107 Å². The Morgan fingerprint density at radius 1 is 0.697 bits per heavy atom. The van der Waals surface area contributed by atoms with Crippen molar-refractivity contribution in [3.63, 3.8) is 0 Å². The molecule has 0 saturated carbocycles. The number of hydrogen-bond donors (Lipinski definition) is 3. The number of anilines is 4. The molecule has 3 N–H and O–H groups in total. The predicted octanol–water partition coefficient (Wildman–Crippen LogP) is 6.46. The first-order valence-electron chi connectivity index (χ1n) is 10.8. The summed E-state index contributed by atoms with van der Waals surface area (Å²) in [4.78, 5) is 2.28. The van der Waals surface area contributed by atoms with Gasteiger partial charge in [0.2, 0.25) is 0 Å². The number of nitrogens with one attached hydrogen (secondary N) is 2. The molecule has 4 aromatic rings. The van der Waals surface area contributed by atoms with Crippen LogP contribution in [0.4, 0.5) is 22.7 Å². The normalized spacial score (nSPS) is 12.6. The quantitative estimate of drug-likeness (QED) is 0.249. The summed E-state index contributed by atoms with van der Waals surface area (Å²) >= 11 is 1.71. The Bertz CT molecular complexity index is 1220. The summed E-state index contributed by atoms with van der Waals surface area (Å²) in [5, 5.41) is 17.1. The molecule has 5 rings (SSSR count). The van der Waals surface area contributed by atoms with Gasteiger partial charge in [-0.25, -0.2) is 0 Å². The van der Waals surface area contributed by atoms with Gasteiger partial charge in [0.1, 0.15) is 30.8 Å². The van der Waals surface area contributed by atoms with Crippen LogP contribution in [0.2, 0.25) is 0 Å². The van der Waals surface area contributed by atoms with Crippen LogP contribution in [0.1, 0.15) is 0 Å². The molecule has 1 heterocycles. The zero-order valence-electron chi connectivity index (χ0n) is 17.9. The summed E-state index contributed by atoms with van der Waals surface area (Å²) in [7, 11) is 0. The summed E-state index contributed by atoms with van der Waals surface area (Å²) in [6.45, 7) is 0.307. The molecule has 0 aliphatic carbocycles. The second-order valence-corrected chi connectivity index (χ2v) is 8.76. The topological polar surface area (TPSA) is 62.8 Å². The number of benzene rings is 4. The molecule has 1 unspecified atom stereocenters. The molecule has 166 valence electrons. The van der Waals surface area contributed by atoms with E-state index in [4.69, 9.17) is 9.47 Å². The van der Waals surface area contributed by atoms with E-state index in [1.165, 1.54) is 4.90 Å². The van der Waals surface area contributed by atoms with Crippen LogP contribution in [0.25, 0.3) is 0 Å². The van der Waals surface area contributed by atoms with Gasteiger partial charge in [-0.2, -0.15) is 0 Å². The van der Waals surface area contributed by atoms with Crippen LogP contribution in [-0.4, -0.2) is 24.4 Å². The Kier molecular flexibility index (Phi) is 6.37. The molecule has 1 atom stereocenters. The van der Waals surface area contributed by atoms with Gasteiger partial charge in [0.05, 0.1) is 11.4 Å². The van der Waals surface area contributed by atoms with Gasteiger partial charge in [0.15, 0.2) is 0 Å². The van der Waals surface area contributed by atoms with Crippen LogP contribution in [0.3, 0.4) is 0 Å². The highest BCUT2D eigenvalue weighted by atomic mass is 32.2. The zero-order valence-corrected chi connectivity index (χ0v) is 18.7. The molecule has 1 aliphatic heterocycles. The van der Waals surface area contributed by atoms with Gasteiger partial charge in [-0.1, -0.05) is 42.1 Å². The molecular weight excluding hydrogens is 432 g/mol. The molecule has 0 radical (unpaired) electrons. The summed E-state index contributed by atoms with van der Waals surface area (Å²) in [6.07, 6.45) is -0.741. The van der Waals surface area contributed by atoms with Crippen LogP contribution in [-0.2, 0) is 0 Å². The maximum absolute atomic E-state index is 10.3. The number of ether oxygens (including phenoxy) is 2. The monoisotopic (exact) mass is 456 g/mol.